The lowest BCUT2D eigenvalue weighted by Gasteiger charge is -2.35. The number of piperidine rings is 1. The molecule has 4 heteroatoms. The Morgan fingerprint density at radius 1 is 1.30 bits per heavy atom. The smallest absolute Gasteiger partial charge is 0.207 e. The molecule has 1 aliphatic heterocycles. The summed E-state index contributed by atoms with van der Waals surface area (Å²) in [6.07, 6.45) is 3.73. The van der Waals surface area contributed by atoms with Gasteiger partial charge in [-0.3, -0.25) is 0 Å². The van der Waals surface area contributed by atoms with E-state index in [1.165, 1.54) is 0 Å². The number of sulfonamides is 1. The number of hydrogen-bond donors (Lipinski definition) is 0. The van der Waals surface area contributed by atoms with Crippen molar-refractivity contribution < 1.29 is 8.42 Å². The fourth-order valence-electron chi connectivity index (χ4n) is 2.69. The second-order valence-electron chi connectivity index (χ2n) is 5.59. The van der Waals surface area contributed by atoms with Crippen molar-refractivity contribution >= 4 is 10.0 Å². The Labute approximate surface area is 122 Å². The third kappa shape index (κ3) is 3.13. The van der Waals surface area contributed by atoms with Crippen LogP contribution in [0, 0.1) is 6.92 Å². The van der Waals surface area contributed by atoms with E-state index in [1.807, 2.05) is 19.1 Å². The molecule has 0 N–H and O–H groups in total. The summed E-state index contributed by atoms with van der Waals surface area (Å²) in [5.41, 5.74) is 2.07. The van der Waals surface area contributed by atoms with Crippen molar-refractivity contribution in [3.63, 3.8) is 0 Å². The highest BCUT2D eigenvalue weighted by atomic mass is 32.2. The SMILES string of the molecule is C=C1CC[C@@H](CCC)N(S(=O)(=O)c2ccc(C)cc2)C1. The van der Waals surface area contributed by atoms with E-state index in [1.54, 1.807) is 16.4 Å². The molecular weight excluding hydrogens is 270 g/mol. The summed E-state index contributed by atoms with van der Waals surface area (Å²) < 4.78 is 27.3. The topological polar surface area (TPSA) is 37.4 Å². The van der Waals surface area contributed by atoms with Crippen LogP contribution in [0.25, 0.3) is 0 Å². The first-order valence-corrected chi connectivity index (χ1v) is 8.64. The number of aryl methyl sites for hydroxylation is 1. The normalized spacial score (nSPS) is 21.1. The van der Waals surface area contributed by atoms with Gasteiger partial charge in [-0.25, -0.2) is 8.42 Å². The van der Waals surface area contributed by atoms with Gasteiger partial charge in [0, 0.05) is 12.6 Å². The van der Waals surface area contributed by atoms with Crippen LogP contribution in [0.1, 0.15) is 38.2 Å². The fourth-order valence-corrected chi connectivity index (χ4v) is 4.40. The summed E-state index contributed by atoms with van der Waals surface area (Å²) >= 11 is 0. The molecule has 0 aromatic heterocycles. The molecular formula is C16H23NO2S. The summed E-state index contributed by atoms with van der Waals surface area (Å²) in [7, 11) is -3.41. The second kappa shape index (κ2) is 6.10. The Morgan fingerprint density at radius 3 is 2.55 bits per heavy atom. The molecule has 0 bridgehead atoms. The average Bonchev–Trinajstić information content (AvgIpc) is 2.41. The largest absolute Gasteiger partial charge is 0.243 e. The number of hydrogen-bond acceptors (Lipinski definition) is 2. The van der Waals surface area contributed by atoms with Crippen LogP contribution in [0.2, 0.25) is 0 Å². The highest BCUT2D eigenvalue weighted by Crippen LogP contribution is 2.29. The molecule has 1 aromatic rings. The predicted octanol–water partition coefficient (Wildman–Crippen LogP) is 3.50. The molecule has 1 heterocycles. The van der Waals surface area contributed by atoms with Crippen LogP contribution in [-0.4, -0.2) is 25.3 Å². The van der Waals surface area contributed by atoms with E-state index >= 15 is 0 Å². The molecule has 1 saturated heterocycles. The molecule has 0 aliphatic carbocycles. The highest BCUT2D eigenvalue weighted by Gasteiger charge is 2.33. The Bertz CT molecular complexity index is 575. The molecule has 0 spiro atoms. The van der Waals surface area contributed by atoms with Crippen LogP contribution in [0.15, 0.2) is 41.3 Å². The van der Waals surface area contributed by atoms with Crippen LogP contribution in [0.3, 0.4) is 0 Å². The van der Waals surface area contributed by atoms with Gasteiger partial charge in [-0.15, -0.1) is 0 Å². The minimum absolute atomic E-state index is 0.108. The molecule has 3 nitrogen and oxygen atoms in total. The minimum Gasteiger partial charge on any atom is -0.207 e. The Balaban J connectivity index is 2.34. The molecule has 1 aliphatic rings. The van der Waals surface area contributed by atoms with Gasteiger partial charge in [0.1, 0.15) is 0 Å². The van der Waals surface area contributed by atoms with E-state index in [0.29, 0.717) is 11.4 Å². The summed E-state index contributed by atoms with van der Waals surface area (Å²) in [6.45, 7) is 8.49. The van der Waals surface area contributed by atoms with Gasteiger partial charge in [-0.2, -0.15) is 4.31 Å². The van der Waals surface area contributed by atoms with E-state index in [9.17, 15) is 8.42 Å². The predicted molar refractivity (Wildman–Crippen MR) is 82.1 cm³/mol. The lowest BCUT2D eigenvalue weighted by molar-refractivity contribution is 0.275. The first-order chi connectivity index (χ1) is 9.45. The maximum Gasteiger partial charge on any atom is 0.243 e. The molecule has 0 unspecified atom stereocenters. The van der Waals surface area contributed by atoms with Gasteiger partial charge in [0.15, 0.2) is 0 Å². The van der Waals surface area contributed by atoms with Crippen LogP contribution < -0.4 is 0 Å². The molecule has 110 valence electrons. The van der Waals surface area contributed by atoms with Gasteiger partial charge >= 0.3 is 0 Å². The van der Waals surface area contributed by atoms with Gasteiger partial charge in [0.2, 0.25) is 10.0 Å². The number of rotatable bonds is 4. The van der Waals surface area contributed by atoms with Crippen molar-refractivity contribution in [1.29, 1.82) is 0 Å². The second-order valence-corrected chi connectivity index (χ2v) is 7.49. The summed E-state index contributed by atoms with van der Waals surface area (Å²) in [5.74, 6) is 0. The Hall–Kier alpha value is -1.13. The molecule has 0 saturated carbocycles. The van der Waals surface area contributed by atoms with Crippen molar-refractivity contribution in [1.82, 2.24) is 4.31 Å². The van der Waals surface area contributed by atoms with Crippen molar-refractivity contribution in [2.75, 3.05) is 6.54 Å². The van der Waals surface area contributed by atoms with Crippen LogP contribution >= 0.6 is 0 Å². The third-order valence-corrected chi connectivity index (χ3v) is 5.78. The fraction of sp³-hybridized carbons (Fsp3) is 0.500. The van der Waals surface area contributed by atoms with Crippen LogP contribution in [0.4, 0.5) is 0 Å². The zero-order valence-corrected chi connectivity index (χ0v) is 13.1. The number of nitrogens with zero attached hydrogens (tertiary/aromatic N) is 1. The molecule has 20 heavy (non-hydrogen) atoms. The lowest BCUT2D eigenvalue weighted by atomic mass is 9.98. The van der Waals surface area contributed by atoms with Gasteiger partial charge in [0.25, 0.3) is 0 Å². The van der Waals surface area contributed by atoms with Crippen molar-refractivity contribution in [2.24, 2.45) is 0 Å². The lowest BCUT2D eigenvalue weighted by Crippen LogP contribution is -2.44. The standard InChI is InChI=1S/C16H23NO2S/c1-4-5-15-9-6-14(3)12-17(15)20(18,19)16-10-7-13(2)8-11-16/h7-8,10-11,15H,3-6,9,12H2,1-2H3/t15-/m1/s1. The molecule has 1 atom stereocenters. The van der Waals surface area contributed by atoms with E-state index in [4.69, 9.17) is 0 Å². The van der Waals surface area contributed by atoms with Crippen molar-refractivity contribution in [2.45, 2.75) is 50.5 Å². The zero-order chi connectivity index (χ0) is 14.8. The van der Waals surface area contributed by atoms with Gasteiger partial charge in [-0.1, -0.05) is 43.2 Å². The molecule has 0 radical (unpaired) electrons. The van der Waals surface area contributed by atoms with Gasteiger partial charge < -0.3 is 0 Å². The first kappa shape index (κ1) is 15.3. The molecule has 1 fully saturated rings. The average molecular weight is 293 g/mol. The summed E-state index contributed by atoms with van der Waals surface area (Å²) in [5, 5.41) is 0. The van der Waals surface area contributed by atoms with E-state index in [2.05, 4.69) is 13.5 Å². The minimum atomic E-state index is -3.41. The molecule has 1 aromatic carbocycles. The van der Waals surface area contributed by atoms with Crippen LogP contribution in [-0.2, 0) is 10.0 Å². The maximum atomic E-state index is 12.8. The Morgan fingerprint density at radius 2 is 1.95 bits per heavy atom. The summed E-state index contributed by atoms with van der Waals surface area (Å²) in [6, 6.07) is 7.20. The highest BCUT2D eigenvalue weighted by molar-refractivity contribution is 7.89. The zero-order valence-electron chi connectivity index (χ0n) is 12.3. The molecule has 0 amide bonds. The maximum absolute atomic E-state index is 12.8. The third-order valence-electron chi connectivity index (χ3n) is 3.87. The van der Waals surface area contributed by atoms with E-state index in [-0.39, 0.29) is 6.04 Å². The van der Waals surface area contributed by atoms with E-state index in [0.717, 1.165) is 36.8 Å². The monoisotopic (exact) mass is 293 g/mol. The Kier molecular flexibility index (Phi) is 4.66. The number of benzene rings is 1. The van der Waals surface area contributed by atoms with Crippen LogP contribution in [0.5, 0.6) is 0 Å². The van der Waals surface area contributed by atoms with E-state index < -0.39 is 10.0 Å². The summed E-state index contributed by atoms with van der Waals surface area (Å²) in [4.78, 5) is 0.388. The van der Waals surface area contributed by atoms with Crippen molar-refractivity contribution in [3.05, 3.63) is 42.0 Å². The molecule has 2 rings (SSSR count). The quantitative estimate of drug-likeness (QED) is 0.797. The van der Waals surface area contributed by atoms with Gasteiger partial charge in [-0.05, 0) is 38.3 Å². The van der Waals surface area contributed by atoms with Gasteiger partial charge in [0.05, 0.1) is 4.90 Å². The first-order valence-electron chi connectivity index (χ1n) is 7.20. The van der Waals surface area contributed by atoms with Crippen molar-refractivity contribution in [3.8, 4) is 0 Å².